The van der Waals surface area contributed by atoms with E-state index in [0.717, 1.165) is 0 Å². The van der Waals surface area contributed by atoms with Gasteiger partial charge in [-0.25, -0.2) is 0 Å². The van der Waals surface area contributed by atoms with E-state index in [1.807, 2.05) is 0 Å². The predicted octanol–water partition coefficient (Wildman–Crippen LogP) is 2.32. The van der Waals surface area contributed by atoms with Crippen LogP contribution in [-0.4, -0.2) is 37.5 Å². The largest absolute Gasteiger partial charge is 0.469 e. The van der Waals surface area contributed by atoms with Crippen molar-refractivity contribution >= 4 is 33.9 Å². The molecule has 0 aliphatic rings. The minimum absolute atomic E-state index is 0.205. The van der Waals surface area contributed by atoms with Gasteiger partial charge < -0.3 is 14.1 Å². The van der Waals surface area contributed by atoms with Crippen molar-refractivity contribution < 1.29 is 18.7 Å². The van der Waals surface area contributed by atoms with Crippen molar-refractivity contribution in [3.05, 3.63) is 28.6 Å². The smallest absolute Gasteiger partial charge is 0.310 e. The molecule has 1 heterocycles. The van der Waals surface area contributed by atoms with E-state index < -0.39 is 0 Å². The van der Waals surface area contributed by atoms with Crippen LogP contribution < -0.4 is 0 Å². The fourth-order valence-corrected chi connectivity index (χ4v) is 1.79. The molecule has 0 N–H and O–H groups in total. The van der Waals surface area contributed by atoms with Crippen molar-refractivity contribution in [2.45, 2.75) is 6.92 Å². The molecule has 1 amide bonds. The lowest BCUT2D eigenvalue weighted by atomic mass is 10.2. The Morgan fingerprint density at radius 3 is 2.74 bits per heavy atom. The van der Waals surface area contributed by atoms with Crippen molar-refractivity contribution in [3.8, 4) is 0 Å². The summed E-state index contributed by atoms with van der Waals surface area (Å²) in [4.78, 5) is 24.5. The molecule has 0 fully saturated rings. The van der Waals surface area contributed by atoms with E-state index in [1.165, 1.54) is 18.1 Å². The van der Waals surface area contributed by atoms with Crippen LogP contribution in [0.25, 0.3) is 6.08 Å². The summed E-state index contributed by atoms with van der Waals surface area (Å²) in [7, 11) is 2.96. The summed E-state index contributed by atoms with van der Waals surface area (Å²) in [5.41, 5.74) is 0. The van der Waals surface area contributed by atoms with Crippen molar-refractivity contribution in [1.29, 1.82) is 0 Å². The molecule has 0 aromatic carbocycles. The lowest BCUT2D eigenvalue weighted by Gasteiger charge is -2.18. The molecule has 1 rings (SSSR count). The molecule has 0 aliphatic heterocycles. The molecule has 0 aliphatic carbocycles. The number of esters is 1. The Labute approximate surface area is 120 Å². The summed E-state index contributed by atoms with van der Waals surface area (Å²) in [6, 6.07) is 3.48. The second kappa shape index (κ2) is 7.13. The molecule has 0 spiro atoms. The minimum Gasteiger partial charge on any atom is -0.469 e. The molecule has 104 valence electrons. The molecule has 0 saturated heterocycles. The first-order valence-corrected chi connectivity index (χ1v) is 6.49. The number of amides is 1. The maximum atomic E-state index is 11.8. The third kappa shape index (κ3) is 4.90. The molecular weight excluding hydrogens is 314 g/mol. The fourth-order valence-electron chi connectivity index (χ4n) is 1.47. The molecule has 6 heteroatoms. The van der Waals surface area contributed by atoms with E-state index in [9.17, 15) is 9.59 Å². The zero-order valence-electron chi connectivity index (χ0n) is 11.1. The molecule has 1 aromatic rings. The normalized spacial score (nSPS) is 12.4. The highest BCUT2D eigenvalue weighted by Crippen LogP contribution is 2.15. The van der Waals surface area contributed by atoms with Crippen molar-refractivity contribution in [2.75, 3.05) is 20.7 Å². The number of carbonyl (C=O) groups is 2. The highest BCUT2D eigenvalue weighted by molar-refractivity contribution is 9.10. The van der Waals surface area contributed by atoms with Gasteiger partial charge in [0.25, 0.3) is 0 Å². The maximum absolute atomic E-state index is 11.8. The molecule has 0 bridgehead atoms. The highest BCUT2D eigenvalue weighted by atomic mass is 79.9. The van der Waals surface area contributed by atoms with Crippen LogP contribution in [0.4, 0.5) is 0 Å². The number of hydrogen-bond acceptors (Lipinski definition) is 4. The first-order chi connectivity index (χ1) is 8.93. The average Bonchev–Trinajstić information content (AvgIpc) is 2.80. The van der Waals surface area contributed by atoms with Crippen LogP contribution in [-0.2, 0) is 14.3 Å². The Kier molecular flexibility index (Phi) is 5.82. The minimum atomic E-state index is -0.356. The number of carbonyl (C=O) groups excluding carboxylic acids is 2. The number of likely N-dealkylation sites (N-methyl/N-ethyl adjacent to an activating group) is 1. The SMILES string of the molecule is COC(=O)C(C)CN(C)C(=O)C=Cc1ccc(Br)o1. The molecule has 1 unspecified atom stereocenters. The van der Waals surface area contributed by atoms with Gasteiger partial charge in [-0.3, -0.25) is 9.59 Å². The van der Waals surface area contributed by atoms with E-state index >= 15 is 0 Å². The Balaban J connectivity index is 2.53. The van der Waals surface area contributed by atoms with Crippen molar-refractivity contribution in [2.24, 2.45) is 5.92 Å². The topological polar surface area (TPSA) is 59.8 Å². The van der Waals surface area contributed by atoms with E-state index in [4.69, 9.17) is 4.42 Å². The summed E-state index contributed by atoms with van der Waals surface area (Å²) >= 11 is 3.18. The lowest BCUT2D eigenvalue weighted by molar-refractivity contribution is -0.145. The Morgan fingerprint density at radius 2 is 2.21 bits per heavy atom. The quantitative estimate of drug-likeness (QED) is 0.614. The molecule has 1 aromatic heterocycles. The first kappa shape index (κ1) is 15.5. The Hall–Kier alpha value is -1.56. The van der Waals surface area contributed by atoms with Gasteiger partial charge in [-0.15, -0.1) is 0 Å². The van der Waals surface area contributed by atoms with Gasteiger partial charge in [-0.1, -0.05) is 6.92 Å². The summed E-state index contributed by atoms with van der Waals surface area (Å²) < 4.78 is 10.4. The van der Waals surface area contributed by atoms with Gasteiger partial charge in [0, 0.05) is 19.7 Å². The van der Waals surface area contributed by atoms with Gasteiger partial charge in [0.2, 0.25) is 5.91 Å². The van der Waals surface area contributed by atoms with Crippen molar-refractivity contribution in [3.63, 3.8) is 0 Å². The number of ether oxygens (including phenoxy) is 1. The van der Waals surface area contributed by atoms with Crippen LogP contribution in [0.3, 0.4) is 0 Å². The summed E-state index contributed by atoms with van der Waals surface area (Å²) in [5, 5.41) is 0. The van der Waals surface area contributed by atoms with Crippen LogP contribution in [0.5, 0.6) is 0 Å². The van der Waals surface area contributed by atoms with Gasteiger partial charge in [-0.2, -0.15) is 0 Å². The first-order valence-electron chi connectivity index (χ1n) is 5.70. The lowest BCUT2D eigenvalue weighted by Crippen LogP contribution is -2.33. The van der Waals surface area contributed by atoms with Crippen LogP contribution in [0.15, 0.2) is 27.3 Å². The number of methoxy groups -OCH3 is 1. The van der Waals surface area contributed by atoms with Crippen LogP contribution >= 0.6 is 15.9 Å². The molecule has 0 saturated carbocycles. The van der Waals surface area contributed by atoms with Gasteiger partial charge in [0.05, 0.1) is 13.0 Å². The monoisotopic (exact) mass is 329 g/mol. The second-order valence-corrected chi connectivity index (χ2v) is 4.90. The van der Waals surface area contributed by atoms with Crippen LogP contribution in [0.2, 0.25) is 0 Å². The third-order valence-electron chi connectivity index (χ3n) is 2.51. The summed E-state index contributed by atoms with van der Waals surface area (Å²) in [6.07, 6.45) is 2.97. The number of halogens is 1. The molecule has 19 heavy (non-hydrogen) atoms. The molecule has 1 atom stereocenters. The highest BCUT2D eigenvalue weighted by Gasteiger charge is 2.17. The zero-order valence-corrected chi connectivity index (χ0v) is 12.6. The molecule has 0 radical (unpaired) electrons. The van der Waals surface area contributed by atoms with E-state index in [-0.39, 0.29) is 17.8 Å². The summed E-state index contributed by atoms with van der Waals surface area (Å²) in [5.74, 6) is -0.318. The maximum Gasteiger partial charge on any atom is 0.310 e. The number of furan rings is 1. The van der Waals surface area contributed by atoms with Crippen LogP contribution in [0, 0.1) is 5.92 Å². The van der Waals surface area contributed by atoms with Gasteiger partial charge in [0.15, 0.2) is 4.67 Å². The Morgan fingerprint density at radius 1 is 1.53 bits per heavy atom. The standard InChI is InChI=1S/C13H16BrNO4/c1-9(13(17)18-3)8-15(2)12(16)7-5-10-4-6-11(14)19-10/h4-7,9H,8H2,1-3H3. The summed E-state index contributed by atoms with van der Waals surface area (Å²) in [6.45, 7) is 2.01. The van der Waals surface area contributed by atoms with Gasteiger partial charge in [0.1, 0.15) is 5.76 Å². The second-order valence-electron chi connectivity index (χ2n) is 4.12. The number of nitrogens with zero attached hydrogens (tertiary/aromatic N) is 1. The molecular formula is C13H16BrNO4. The van der Waals surface area contributed by atoms with Gasteiger partial charge in [-0.05, 0) is 34.1 Å². The average molecular weight is 330 g/mol. The van der Waals surface area contributed by atoms with E-state index in [1.54, 1.807) is 32.2 Å². The molecule has 5 nitrogen and oxygen atoms in total. The Bertz CT molecular complexity index is 481. The zero-order chi connectivity index (χ0) is 14.4. The fraction of sp³-hybridized carbons (Fsp3) is 0.385. The number of rotatable bonds is 5. The van der Waals surface area contributed by atoms with Crippen molar-refractivity contribution in [1.82, 2.24) is 4.90 Å². The predicted molar refractivity (Wildman–Crippen MR) is 74.3 cm³/mol. The number of hydrogen-bond donors (Lipinski definition) is 0. The third-order valence-corrected chi connectivity index (χ3v) is 2.94. The van der Waals surface area contributed by atoms with Crippen LogP contribution in [0.1, 0.15) is 12.7 Å². The van der Waals surface area contributed by atoms with Gasteiger partial charge >= 0.3 is 5.97 Å². The van der Waals surface area contributed by atoms with E-state index in [2.05, 4.69) is 20.7 Å². The van der Waals surface area contributed by atoms with E-state index in [0.29, 0.717) is 17.0 Å².